The lowest BCUT2D eigenvalue weighted by Gasteiger charge is -2.11. The molecule has 142 valence electrons. The number of carbonyl (C=O) groups is 3. The number of rotatable bonds is 7. The molecule has 0 saturated heterocycles. The van der Waals surface area contributed by atoms with Crippen molar-refractivity contribution in [1.29, 1.82) is 0 Å². The van der Waals surface area contributed by atoms with Crippen LogP contribution in [0.4, 0.5) is 5.69 Å². The van der Waals surface area contributed by atoms with Gasteiger partial charge in [0.1, 0.15) is 5.75 Å². The molecule has 0 aliphatic heterocycles. The van der Waals surface area contributed by atoms with Crippen molar-refractivity contribution in [3.05, 3.63) is 59.2 Å². The second-order valence-electron chi connectivity index (χ2n) is 5.93. The van der Waals surface area contributed by atoms with Gasteiger partial charge in [-0.3, -0.25) is 9.59 Å². The summed E-state index contributed by atoms with van der Waals surface area (Å²) in [6, 6.07) is 12.0. The van der Waals surface area contributed by atoms with Gasteiger partial charge in [-0.25, -0.2) is 4.79 Å². The first-order chi connectivity index (χ1) is 12.9. The Morgan fingerprint density at radius 1 is 1.04 bits per heavy atom. The summed E-state index contributed by atoms with van der Waals surface area (Å²) in [7, 11) is 1.51. The third-order valence-electron chi connectivity index (χ3n) is 3.69. The maximum Gasteiger partial charge on any atom is 0.338 e. The number of carbonyl (C=O) groups excluding carboxylic acids is 3. The van der Waals surface area contributed by atoms with Crippen molar-refractivity contribution in [1.82, 2.24) is 5.32 Å². The van der Waals surface area contributed by atoms with Crippen LogP contribution < -0.4 is 15.4 Å². The van der Waals surface area contributed by atoms with Crippen LogP contribution in [0.1, 0.15) is 28.4 Å². The molecule has 0 atom stereocenters. The maximum absolute atomic E-state index is 12.1. The molecule has 7 nitrogen and oxygen atoms in total. The highest BCUT2D eigenvalue weighted by atomic mass is 16.5. The van der Waals surface area contributed by atoms with E-state index in [4.69, 9.17) is 9.47 Å². The number of nitrogens with one attached hydrogen (secondary N) is 2. The molecule has 0 fully saturated rings. The molecule has 0 unspecified atom stereocenters. The summed E-state index contributed by atoms with van der Waals surface area (Å²) in [6.07, 6.45) is 0. The third kappa shape index (κ3) is 6.14. The van der Waals surface area contributed by atoms with Crippen molar-refractivity contribution in [3.8, 4) is 5.75 Å². The second kappa shape index (κ2) is 9.38. The summed E-state index contributed by atoms with van der Waals surface area (Å²) < 4.78 is 10.2. The van der Waals surface area contributed by atoms with Crippen LogP contribution in [-0.2, 0) is 20.9 Å². The molecule has 2 aromatic rings. The first kappa shape index (κ1) is 20.0. The Morgan fingerprint density at radius 3 is 2.37 bits per heavy atom. The van der Waals surface area contributed by atoms with E-state index in [1.165, 1.54) is 14.0 Å². The standard InChI is InChI=1S/C20H22N2O5/c1-13-4-9-18(26-3)17(10-13)22-19(24)12-27-20(25)16-7-5-15(6-8-16)11-21-14(2)23/h4-10H,11-12H2,1-3H3,(H,21,23)(H,22,24). The van der Waals surface area contributed by atoms with Gasteiger partial charge in [0.15, 0.2) is 6.61 Å². The summed E-state index contributed by atoms with van der Waals surface area (Å²) in [4.78, 5) is 35.0. The summed E-state index contributed by atoms with van der Waals surface area (Å²) >= 11 is 0. The number of aryl methyl sites for hydroxylation is 1. The van der Waals surface area contributed by atoms with E-state index in [9.17, 15) is 14.4 Å². The number of methoxy groups -OCH3 is 1. The van der Waals surface area contributed by atoms with Gasteiger partial charge < -0.3 is 20.1 Å². The minimum atomic E-state index is -0.604. The topological polar surface area (TPSA) is 93.7 Å². The monoisotopic (exact) mass is 370 g/mol. The van der Waals surface area contributed by atoms with Crippen LogP contribution >= 0.6 is 0 Å². The predicted molar refractivity (Wildman–Crippen MR) is 101 cm³/mol. The van der Waals surface area contributed by atoms with E-state index in [2.05, 4.69) is 10.6 Å². The van der Waals surface area contributed by atoms with E-state index in [1.807, 2.05) is 13.0 Å². The van der Waals surface area contributed by atoms with Gasteiger partial charge in [0.05, 0.1) is 18.4 Å². The Balaban J connectivity index is 1.88. The van der Waals surface area contributed by atoms with Crippen molar-refractivity contribution < 1.29 is 23.9 Å². The zero-order valence-electron chi connectivity index (χ0n) is 15.5. The Labute approximate surface area is 157 Å². The Morgan fingerprint density at radius 2 is 1.74 bits per heavy atom. The number of hydrogen-bond donors (Lipinski definition) is 2. The molecule has 2 N–H and O–H groups in total. The van der Waals surface area contributed by atoms with E-state index in [1.54, 1.807) is 36.4 Å². The lowest BCUT2D eigenvalue weighted by Crippen LogP contribution is -2.21. The molecule has 0 saturated carbocycles. The fourth-order valence-corrected chi connectivity index (χ4v) is 2.31. The van der Waals surface area contributed by atoms with E-state index in [0.717, 1.165) is 11.1 Å². The highest BCUT2D eigenvalue weighted by molar-refractivity contribution is 5.96. The van der Waals surface area contributed by atoms with Crippen LogP contribution in [0.2, 0.25) is 0 Å². The van der Waals surface area contributed by atoms with Crippen LogP contribution in [0.15, 0.2) is 42.5 Å². The lowest BCUT2D eigenvalue weighted by molar-refractivity contribution is -0.119. The average Bonchev–Trinajstić information content (AvgIpc) is 2.65. The number of ether oxygens (including phenoxy) is 2. The number of esters is 1. The van der Waals surface area contributed by atoms with Crippen molar-refractivity contribution in [2.24, 2.45) is 0 Å². The van der Waals surface area contributed by atoms with Crippen LogP contribution in [-0.4, -0.2) is 31.5 Å². The first-order valence-electron chi connectivity index (χ1n) is 8.34. The average molecular weight is 370 g/mol. The molecule has 2 rings (SSSR count). The normalized spacial score (nSPS) is 10.0. The van der Waals surface area contributed by atoms with Crippen LogP contribution in [0.25, 0.3) is 0 Å². The molecule has 2 aromatic carbocycles. The highest BCUT2D eigenvalue weighted by Crippen LogP contribution is 2.25. The molecule has 0 aliphatic rings. The molecule has 0 aliphatic carbocycles. The Bertz CT molecular complexity index is 831. The zero-order valence-corrected chi connectivity index (χ0v) is 15.5. The largest absolute Gasteiger partial charge is 0.495 e. The predicted octanol–water partition coefficient (Wildman–Crippen LogP) is 2.44. The van der Waals surface area contributed by atoms with Gasteiger partial charge in [0, 0.05) is 13.5 Å². The Hall–Kier alpha value is -3.35. The van der Waals surface area contributed by atoms with Gasteiger partial charge in [-0.2, -0.15) is 0 Å². The summed E-state index contributed by atoms with van der Waals surface area (Å²) in [5, 5.41) is 5.33. The van der Waals surface area contributed by atoms with Crippen molar-refractivity contribution in [3.63, 3.8) is 0 Å². The molecule has 0 aromatic heterocycles. The van der Waals surface area contributed by atoms with E-state index in [-0.39, 0.29) is 5.91 Å². The molecule has 0 heterocycles. The third-order valence-corrected chi connectivity index (χ3v) is 3.69. The summed E-state index contributed by atoms with van der Waals surface area (Å²) in [6.45, 7) is 3.29. The minimum Gasteiger partial charge on any atom is -0.495 e. The van der Waals surface area contributed by atoms with E-state index in [0.29, 0.717) is 23.5 Å². The summed E-state index contributed by atoms with van der Waals surface area (Å²) in [5.41, 5.74) is 2.65. The van der Waals surface area contributed by atoms with Crippen molar-refractivity contribution >= 4 is 23.5 Å². The highest BCUT2D eigenvalue weighted by Gasteiger charge is 2.12. The minimum absolute atomic E-state index is 0.130. The molecular formula is C20H22N2O5. The van der Waals surface area contributed by atoms with E-state index >= 15 is 0 Å². The summed E-state index contributed by atoms with van der Waals surface area (Å²) in [5.74, 6) is -0.674. The van der Waals surface area contributed by atoms with Crippen LogP contribution in [0.3, 0.4) is 0 Å². The molecule has 0 bridgehead atoms. The molecule has 7 heteroatoms. The number of hydrogen-bond acceptors (Lipinski definition) is 5. The smallest absolute Gasteiger partial charge is 0.338 e. The maximum atomic E-state index is 12.1. The number of benzene rings is 2. The number of anilines is 1. The van der Waals surface area contributed by atoms with Gasteiger partial charge in [0.2, 0.25) is 5.91 Å². The molecule has 0 spiro atoms. The zero-order chi connectivity index (χ0) is 19.8. The number of amides is 2. The lowest BCUT2D eigenvalue weighted by atomic mass is 10.1. The fraction of sp³-hybridized carbons (Fsp3) is 0.250. The van der Waals surface area contributed by atoms with Gasteiger partial charge in [-0.05, 0) is 42.3 Å². The van der Waals surface area contributed by atoms with E-state index < -0.39 is 18.5 Å². The molecular weight excluding hydrogens is 348 g/mol. The van der Waals surface area contributed by atoms with Crippen LogP contribution in [0, 0.1) is 6.92 Å². The van der Waals surface area contributed by atoms with Gasteiger partial charge >= 0.3 is 5.97 Å². The SMILES string of the molecule is COc1ccc(C)cc1NC(=O)COC(=O)c1ccc(CNC(C)=O)cc1. The van der Waals surface area contributed by atoms with Gasteiger partial charge in [-0.1, -0.05) is 18.2 Å². The Kier molecular flexibility index (Phi) is 6.93. The van der Waals surface area contributed by atoms with Gasteiger partial charge in [-0.15, -0.1) is 0 Å². The molecule has 2 amide bonds. The second-order valence-corrected chi connectivity index (χ2v) is 5.93. The van der Waals surface area contributed by atoms with Gasteiger partial charge in [0.25, 0.3) is 5.91 Å². The van der Waals surface area contributed by atoms with Crippen LogP contribution in [0.5, 0.6) is 5.75 Å². The first-order valence-corrected chi connectivity index (χ1v) is 8.34. The molecule has 0 radical (unpaired) electrons. The fourth-order valence-electron chi connectivity index (χ4n) is 2.31. The molecule has 27 heavy (non-hydrogen) atoms. The quantitative estimate of drug-likeness (QED) is 0.730. The van der Waals surface area contributed by atoms with Crippen molar-refractivity contribution in [2.45, 2.75) is 20.4 Å². The van der Waals surface area contributed by atoms with Crippen molar-refractivity contribution in [2.75, 3.05) is 19.0 Å².